The molecule has 0 saturated carbocycles. The van der Waals surface area contributed by atoms with Gasteiger partial charge in [0.25, 0.3) is 5.56 Å². The van der Waals surface area contributed by atoms with E-state index in [0.29, 0.717) is 15.3 Å². The van der Waals surface area contributed by atoms with Crippen LogP contribution in [-0.4, -0.2) is 19.6 Å². The van der Waals surface area contributed by atoms with E-state index in [0.717, 1.165) is 11.1 Å². The van der Waals surface area contributed by atoms with Gasteiger partial charge in [0.2, 0.25) is 4.96 Å². The fourth-order valence-corrected chi connectivity index (χ4v) is 3.19. The molecule has 25 heavy (non-hydrogen) atoms. The molecule has 3 aromatic heterocycles. The predicted molar refractivity (Wildman–Crippen MR) is 95.5 cm³/mol. The summed E-state index contributed by atoms with van der Waals surface area (Å²) in [6.07, 6.45) is 8.59. The third-order valence-electron chi connectivity index (χ3n) is 3.48. The summed E-state index contributed by atoms with van der Waals surface area (Å²) in [5.74, 6) is 0.145. The summed E-state index contributed by atoms with van der Waals surface area (Å²) >= 11 is 1.27. The highest BCUT2D eigenvalue weighted by atomic mass is 32.1. The van der Waals surface area contributed by atoms with Gasteiger partial charge in [0.05, 0.1) is 4.53 Å². The molecule has 0 aliphatic heterocycles. The predicted octanol–water partition coefficient (Wildman–Crippen LogP) is 2.40. The lowest BCUT2D eigenvalue weighted by Gasteiger charge is -1.91. The van der Waals surface area contributed by atoms with Crippen LogP contribution in [0.25, 0.3) is 23.2 Å². The van der Waals surface area contributed by atoms with Crippen molar-refractivity contribution in [1.29, 1.82) is 0 Å². The van der Waals surface area contributed by atoms with Crippen LogP contribution in [0.15, 0.2) is 53.6 Å². The minimum Gasteiger partial charge on any atom is -0.266 e. The first-order valence-corrected chi connectivity index (χ1v) is 8.26. The van der Waals surface area contributed by atoms with Crippen molar-refractivity contribution in [3.63, 3.8) is 0 Å². The Morgan fingerprint density at radius 1 is 1.08 bits per heavy atom. The maximum atomic E-state index is 12.9. The Morgan fingerprint density at radius 3 is 2.64 bits per heavy atom. The van der Waals surface area contributed by atoms with Crippen molar-refractivity contribution in [1.82, 2.24) is 19.6 Å². The van der Waals surface area contributed by atoms with E-state index in [-0.39, 0.29) is 11.4 Å². The lowest BCUT2D eigenvalue weighted by atomic mass is 10.2. The monoisotopic (exact) mass is 350 g/mol. The molecular weight excluding hydrogens is 339 g/mol. The Balaban J connectivity index is 1.67. The van der Waals surface area contributed by atoms with Gasteiger partial charge in [-0.15, -0.1) is 5.10 Å². The number of fused-ring (bicyclic) bond motifs is 1. The number of rotatable bonds is 3. The second-order valence-electron chi connectivity index (χ2n) is 5.25. The van der Waals surface area contributed by atoms with Gasteiger partial charge in [-0.05, 0) is 41.5 Å². The van der Waals surface area contributed by atoms with Crippen molar-refractivity contribution >= 4 is 34.5 Å². The molecular formula is C18H11FN4OS. The van der Waals surface area contributed by atoms with E-state index in [1.165, 1.54) is 28.0 Å². The Labute approximate surface area is 145 Å². The summed E-state index contributed by atoms with van der Waals surface area (Å²) in [4.78, 5) is 21.3. The molecule has 0 bridgehead atoms. The summed E-state index contributed by atoms with van der Waals surface area (Å²) < 4.78 is 14.7. The average molecular weight is 350 g/mol. The van der Waals surface area contributed by atoms with E-state index in [4.69, 9.17) is 0 Å². The first-order chi connectivity index (χ1) is 12.2. The van der Waals surface area contributed by atoms with Crippen LogP contribution in [0.5, 0.6) is 0 Å². The fourth-order valence-electron chi connectivity index (χ4n) is 2.28. The lowest BCUT2D eigenvalue weighted by Crippen LogP contribution is -2.23. The second-order valence-corrected chi connectivity index (χ2v) is 6.26. The summed E-state index contributed by atoms with van der Waals surface area (Å²) in [7, 11) is 0. The van der Waals surface area contributed by atoms with Crippen LogP contribution in [0.1, 0.15) is 17.0 Å². The Kier molecular flexibility index (Phi) is 3.91. The van der Waals surface area contributed by atoms with E-state index in [1.807, 2.05) is 12.1 Å². The molecule has 0 amide bonds. The van der Waals surface area contributed by atoms with Crippen LogP contribution in [0, 0.1) is 5.82 Å². The zero-order valence-corrected chi connectivity index (χ0v) is 13.7. The number of pyridine rings is 1. The largest absolute Gasteiger partial charge is 0.291 e. The molecule has 0 fully saturated rings. The third-order valence-corrected chi connectivity index (χ3v) is 4.43. The molecule has 0 unspecified atom stereocenters. The highest BCUT2D eigenvalue weighted by Crippen LogP contribution is 2.09. The second kappa shape index (κ2) is 6.37. The molecule has 0 atom stereocenters. The quantitative estimate of drug-likeness (QED) is 0.569. The maximum Gasteiger partial charge on any atom is 0.291 e. The van der Waals surface area contributed by atoms with Crippen molar-refractivity contribution < 1.29 is 4.39 Å². The van der Waals surface area contributed by atoms with Gasteiger partial charge in [0.15, 0.2) is 5.82 Å². The first-order valence-electron chi connectivity index (χ1n) is 7.44. The topological polar surface area (TPSA) is 60.2 Å². The van der Waals surface area contributed by atoms with Gasteiger partial charge in [-0.3, -0.25) is 9.78 Å². The van der Waals surface area contributed by atoms with Crippen molar-refractivity contribution in [2.75, 3.05) is 0 Å². The first kappa shape index (κ1) is 15.3. The highest BCUT2D eigenvalue weighted by molar-refractivity contribution is 7.15. The molecule has 1 aromatic carbocycles. The van der Waals surface area contributed by atoms with Crippen molar-refractivity contribution in [3.05, 3.63) is 86.4 Å². The van der Waals surface area contributed by atoms with Crippen LogP contribution in [0.3, 0.4) is 0 Å². The molecule has 3 heterocycles. The third kappa shape index (κ3) is 3.22. The average Bonchev–Trinajstić information content (AvgIpc) is 3.15. The number of aromatic nitrogens is 4. The summed E-state index contributed by atoms with van der Waals surface area (Å²) in [6, 6.07) is 9.77. The standard InChI is InChI=1S/C18H11FN4OS/c19-14-6-3-12(4-7-14)5-8-16-21-18-23(22-16)17(24)15(25-18)10-13-2-1-9-20-11-13/h1-11H/b8-5+,15-10-. The molecule has 7 heteroatoms. The SMILES string of the molecule is O=c1/c(=C/c2cccnc2)sc2nc(/C=C/c3ccc(F)cc3)nn12. The smallest absolute Gasteiger partial charge is 0.266 e. The minimum absolute atomic E-state index is 0.210. The van der Waals surface area contributed by atoms with Crippen molar-refractivity contribution in [2.45, 2.75) is 0 Å². The minimum atomic E-state index is -0.286. The van der Waals surface area contributed by atoms with Gasteiger partial charge in [0, 0.05) is 12.4 Å². The maximum absolute atomic E-state index is 12.9. The molecule has 0 radical (unpaired) electrons. The van der Waals surface area contributed by atoms with Crippen molar-refractivity contribution in [3.8, 4) is 0 Å². The van der Waals surface area contributed by atoms with E-state index in [1.54, 1.807) is 42.8 Å². The molecule has 0 spiro atoms. The molecule has 0 aliphatic rings. The fraction of sp³-hybridized carbons (Fsp3) is 0. The lowest BCUT2D eigenvalue weighted by molar-refractivity contribution is 0.628. The number of thiazole rings is 1. The normalized spacial score (nSPS) is 12.4. The van der Waals surface area contributed by atoms with Crippen molar-refractivity contribution in [2.24, 2.45) is 0 Å². The molecule has 0 saturated heterocycles. The highest BCUT2D eigenvalue weighted by Gasteiger charge is 2.08. The molecule has 122 valence electrons. The van der Waals surface area contributed by atoms with Crippen LogP contribution in [0.2, 0.25) is 0 Å². The van der Waals surface area contributed by atoms with Gasteiger partial charge in [-0.25, -0.2) is 4.39 Å². The Hall–Kier alpha value is -3.19. The zero-order valence-electron chi connectivity index (χ0n) is 12.8. The van der Waals surface area contributed by atoms with E-state index < -0.39 is 0 Å². The molecule has 4 aromatic rings. The summed E-state index contributed by atoms with van der Waals surface area (Å²) in [6.45, 7) is 0. The number of hydrogen-bond donors (Lipinski definition) is 0. The van der Waals surface area contributed by atoms with E-state index >= 15 is 0 Å². The molecule has 4 rings (SSSR count). The van der Waals surface area contributed by atoms with E-state index in [2.05, 4.69) is 15.1 Å². The van der Waals surface area contributed by atoms with Gasteiger partial charge < -0.3 is 0 Å². The summed E-state index contributed by atoms with van der Waals surface area (Å²) in [5, 5.41) is 4.21. The van der Waals surface area contributed by atoms with Crippen LogP contribution < -0.4 is 10.1 Å². The summed E-state index contributed by atoms with van der Waals surface area (Å²) in [5.41, 5.74) is 1.46. The Bertz CT molecular complexity index is 1160. The van der Waals surface area contributed by atoms with Gasteiger partial charge in [-0.2, -0.15) is 9.50 Å². The van der Waals surface area contributed by atoms with Crippen LogP contribution in [-0.2, 0) is 0 Å². The molecule has 0 aliphatic carbocycles. The van der Waals surface area contributed by atoms with Crippen LogP contribution in [0.4, 0.5) is 4.39 Å². The van der Waals surface area contributed by atoms with Gasteiger partial charge in [0.1, 0.15) is 5.82 Å². The van der Waals surface area contributed by atoms with E-state index in [9.17, 15) is 9.18 Å². The van der Waals surface area contributed by atoms with Gasteiger partial charge >= 0.3 is 0 Å². The number of hydrogen-bond acceptors (Lipinski definition) is 5. The zero-order chi connectivity index (χ0) is 17.2. The van der Waals surface area contributed by atoms with Crippen LogP contribution >= 0.6 is 11.3 Å². The molecule has 0 N–H and O–H groups in total. The number of nitrogens with zero attached hydrogens (tertiary/aromatic N) is 4. The molecule has 5 nitrogen and oxygen atoms in total. The Morgan fingerprint density at radius 2 is 1.92 bits per heavy atom. The van der Waals surface area contributed by atoms with Gasteiger partial charge in [-0.1, -0.05) is 35.6 Å². The number of halogens is 1. The number of benzene rings is 1.